The molecule has 78 valence electrons. The summed E-state index contributed by atoms with van der Waals surface area (Å²) in [4.78, 5) is 0. The number of phenolic OH excluding ortho intramolecular Hbond substituents is 1. The van der Waals surface area contributed by atoms with Crippen LogP contribution in [0.1, 0.15) is 50.7 Å². The minimum atomic E-state index is 0.336. The second kappa shape index (κ2) is 4.35. The zero-order valence-corrected chi connectivity index (χ0v) is 10.7. The molecule has 0 spiro atoms. The molecule has 1 nitrogen and oxygen atoms in total. The summed E-state index contributed by atoms with van der Waals surface area (Å²) in [6.45, 7) is 8.36. The highest BCUT2D eigenvalue weighted by molar-refractivity contribution is 9.10. The predicted octanol–water partition coefficient (Wildman–Crippen LogP) is 4.40. The third-order valence-electron chi connectivity index (χ3n) is 2.39. The van der Waals surface area contributed by atoms with Gasteiger partial charge in [-0.05, 0) is 23.5 Å². The maximum absolute atomic E-state index is 10.1. The van der Waals surface area contributed by atoms with E-state index >= 15 is 0 Å². The van der Waals surface area contributed by atoms with E-state index in [1.165, 1.54) is 0 Å². The second-order valence-electron chi connectivity index (χ2n) is 4.21. The van der Waals surface area contributed by atoms with Crippen LogP contribution < -0.4 is 0 Å². The molecule has 0 saturated heterocycles. The lowest BCUT2D eigenvalue weighted by molar-refractivity contribution is 0.454. The van der Waals surface area contributed by atoms with Crippen molar-refractivity contribution in [1.82, 2.24) is 0 Å². The number of hydrogen-bond acceptors (Lipinski definition) is 1. The zero-order chi connectivity index (χ0) is 10.9. The van der Waals surface area contributed by atoms with E-state index in [2.05, 4.69) is 43.6 Å². The molecule has 0 saturated carbocycles. The SMILES string of the molecule is CC(C)c1ccc(Br)c(C(C)C)c1O. The van der Waals surface area contributed by atoms with E-state index in [1.54, 1.807) is 0 Å². The summed E-state index contributed by atoms with van der Waals surface area (Å²) >= 11 is 3.47. The first-order valence-electron chi connectivity index (χ1n) is 4.96. The fraction of sp³-hybridized carbons (Fsp3) is 0.500. The zero-order valence-electron chi connectivity index (χ0n) is 9.13. The first kappa shape index (κ1) is 11.6. The fourth-order valence-electron chi connectivity index (χ4n) is 1.62. The molecule has 1 N–H and O–H groups in total. The summed E-state index contributed by atoms with van der Waals surface area (Å²) in [5, 5.41) is 10.1. The normalized spacial score (nSPS) is 11.4. The van der Waals surface area contributed by atoms with Crippen molar-refractivity contribution in [1.29, 1.82) is 0 Å². The van der Waals surface area contributed by atoms with E-state index in [0.717, 1.165) is 15.6 Å². The molecule has 0 aliphatic carbocycles. The molecule has 1 aromatic rings. The lowest BCUT2D eigenvalue weighted by atomic mass is 9.94. The van der Waals surface area contributed by atoms with Crippen LogP contribution in [0.5, 0.6) is 5.75 Å². The van der Waals surface area contributed by atoms with Gasteiger partial charge in [0.2, 0.25) is 0 Å². The highest BCUT2D eigenvalue weighted by atomic mass is 79.9. The molecular weight excluding hydrogens is 240 g/mol. The highest BCUT2D eigenvalue weighted by Gasteiger charge is 2.15. The smallest absolute Gasteiger partial charge is 0.123 e. The van der Waals surface area contributed by atoms with Gasteiger partial charge in [0.25, 0.3) is 0 Å². The number of rotatable bonds is 2. The Morgan fingerprint density at radius 1 is 1.07 bits per heavy atom. The molecule has 0 aliphatic heterocycles. The molecule has 0 radical (unpaired) electrons. The topological polar surface area (TPSA) is 20.2 Å². The number of benzene rings is 1. The van der Waals surface area contributed by atoms with Crippen molar-refractivity contribution in [2.75, 3.05) is 0 Å². The summed E-state index contributed by atoms with van der Waals surface area (Å²) < 4.78 is 0.995. The molecule has 1 aromatic carbocycles. The van der Waals surface area contributed by atoms with Crippen LogP contribution in [0.3, 0.4) is 0 Å². The van der Waals surface area contributed by atoms with Crippen molar-refractivity contribution in [2.45, 2.75) is 39.5 Å². The third kappa shape index (κ3) is 2.11. The maximum Gasteiger partial charge on any atom is 0.123 e. The van der Waals surface area contributed by atoms with Gasteiger partial charge >= 0.3 is 0 Å². The van der Waals surface area contributed by atoms with Crippen LogP contribution in [0, 0.1) is 0 Å². The van der Waals surface area contributed by atoms with Gasteiger partial charge in [-0.15, -0.1) is 0 Å². The largest absolute Gasteiger partial charge is 0.507 e. The van der Waals surface area contributed by atoms with E-state index in [0.29, 0.717) is 17.6 Å². The first-order chi connectivity index (χ1) is 6.45. The Bertz CT molecular complexity index is 329. The van der Waals surface area contributed by atoms with E-state index in [-0.39, 0.29) is 0 Å². The molecular formula is C12H17BrO. The van der Waals surface area contributed by atoms with Crippen LogP contribution in [0.4, 0.5) is 0 Å². The lowest BCUT2D eigenvalue weighted by Gasteiger charge is -2.16. The van der Waals surface area contributed by atoms with Crippen molar-refractivity contribution in [3.63, 3.8) is 0 Å². The molecule has 0 bridgehead atoms. The molecule has 0 aromatic heterocycles. The van der Waals surface area contributed by atoms with Crippen LogP contribution in [0.15, 0.2) is 16.6 Å². The molecule has 1 rings (SSSR count). The van der Waals surface area contributed by atoms with Crippen molar-refractivity contribution in [3.8, 4) is 5.75 Å². The van der Waals surface area contributed by atoms with E-state index in [9.17, 15) is 5.11 Å². The minimum absolute atomic E-state index is 0.336. The van der Waals surface area contributed by atoms with Crippen LogP contribution in [0.25, 0.3) is 0 Å². The Labute approximate surface area is 94.3 Å². The van der Waals surface area contributed by atoms with Crippen LogP contribution in [-0.2, 0) is 0 Å². The highest BCUT2D eigenvalue weighted by Crippen LogP contribution is 2.38. The molecule has 14 heavy (non-hydrogen) atoms. The predicted molar refractivity (Wildman–Crippen MR) is 64.0 cm³/mol. The van der Waals surface area contributed by atoms with Crippen LogP contribution in [-0.4, -0.2) is 5.11 Å². The summed E-state index contributed by atoms with van der Waals surface area (Å²) in [6.07, 6.45) is 0. The number of phenols is 1. The Morgan fingerprint density at radius 2 is 1.64 bits per heavy atom. The molecule has 0 unspecified atom stereocenters. The van der Waals surface area contributed by atoms with Crippen molar-refractivity contribution in [3.05, 3.63) is 27.7 Å². The number of halogens is 1. The van der Waals surface area contributed by atoms with Crippen LogP contribution >= 0.6 is 15.9 Å². The first-order valence-corrected chi connectivity index (χ1v) is 5.75. The van der Waals surface area contributed by atoms with E-state index in [1.807, 2.05) is 12.1 Å². The van der Waals surface area contributed by atoms with Gasteiger partial charge in [-0.25, -0.2) is 0 Å². The summed E-state index contributed by atoms with van der Waals surface area (Å²) in [5.41, 5.74) is 2.04. The van der Waals surface area contributed by atoms with Crippen molar-refractivity contribution in [2.24, 2.45) is 0 Å². The fourth-order valence-corrected chi connectivity index (χ4v) is 2.39. The van der Waals surface area contributed by atoms with Gasteiger partial charge in [-0.1, -0.05) is 49.7 Å². The third-order valence-corrected chi connectivity index (χ3v) is 3.09. The van der Waals surface area contributed by atoms with Gasteiger partial charge in [0.05, 0.1) is 0 Å². The average Bonchev–Trinajstić information content (AvgIpc) is 2.02. The van der Waals surface area contributed by atoms with Gasteiger partial charge in [-0.3, -0.25) is 0 Å². The van der Waals surface area contributed by atoms with Crippen molar-refractivity contribution < 1.29 is 5.11 Å². The van der Waals surface area contributed by atoms with Crippen LogP contribution in [0.2, 0.25) is 0 Å². The second-order valence-corrected chi connectivity index (χ2v) is 5.06. The molecule has 0 amide bonds. The lowest BCUT2D eigenvalue weighted by Crippen LogP contribution is -1.96. The molecule has 0 atom stereocenters. The summed E-state index contributed by atoms with van der Waals surface area (Å²) in [5.74, 6) is 1.15. The van der Waals surface area contributed by atoms with Gasteiger partial charge in [-0.2, -0.15) is 0 Å². The average molecular weight is 257 g/mol. The molecule has 0 heterocycles. The standard InChI is InChI=1S/C12H17BrO/c1-7(2)9-5-6-10(13)11(8(3)4)12(9)14/h5-8,14H,1-4H3. The number of aromatic hydroxyl groups is 1. The van der Waals surface area contributed by atoms with Gasteiger partial charge in [0.15, 0.2) is 0 Å². The minimum Gasteiger partial charge on any atom is -0.507 e. The molecule has 0 fully saturated rings. The Kier molecular flexibility index (Phi) is 3.59. The molecule has 2 heteroatoms. The quantitative estimate of drug-likeness (QED) is 0.832. The summed E-state index contributed by atoms with van der Waals surface area (Å²) in [6, 6.07) is 4.00. The molecule has 0 aliphatic rings. The van der Waals surface area contributed by atoms with Gasteiger partial charge in [0, 0.05) is 10.0 Å². The Morgan fingerprint density at radius 3 is 2.07 bits per heavy atom. The Hall–Kier alpha value is -0.500. The van der Waals surface area contributed by atoms with E-state index < -0.39 is 0 Å². The monoisotopic (exact) mass is 256 g/mol. The van der Waals surface area contributed by atoms with Gasteiger partial charge < -0.3 is 5.11 Å². The number of hydrogen-bond donors (Lipinski definition) is 1. The Balaban J connectivity index is 3.34. The maximum atomic E-state index is 10.1. The van der Waals surface area contributed by atoms with Gasteiger partial charge in [0.1, 0.15) is 5.75 Å². The van der Waals surface area contributed by atoms with Crippen molar-refractivity contribution >= 4 is 15.9 Å². The summed E-state index contributed by atoms with van der Waals surface area (Å²) in [7, 11) is 0. The van der Waals surface area contributed by atoms with E-state index in [4.69, 9.17) is 0 Å².